The van der Waals surface area contributed by atoms with Gasteiger partial charge in [-0.15, -0.1) is 0 Å². The van der Waals surface area contributed by atoms with E-state index in [0.717, 1.165) is 24.8 Å². The minimum absolute atomic E-state index is 0.0852. The molecule has 3 rings (SSSR count). The highest BCUT2D eigenvalue weighted by Gasteiger charge is 2.23. The second-order valence-electron chi connectivity index (χ2n) is 5.81. The predicted molar refractivity (Wildman–Crippen MR) is 87.6 cm³/mol. The van der Waals surface area contributed by atoms with Crippen LogP contribution in [0.5, 0.6) is 0 Å². The second kappa shape index (κ2) is 6.65. The van der Waals surface area contributed by atoms with Crippen molar-refractivity contribution in [2.45, 2.75) is 25.2 Å². The van der Waals surface area contributed by atoms with Crippen molar-refractivity contribution in [2.24, 2.45) is 0 Å². The summed E-state index contributed by atoms with van der Waals surface area (Å²) in [6.07, 6.45) is 3.00. The van der Waals surface area contributed by atoms with Gasteiger partial charge in [0, 0.05) is 12.1 Å². The van der Waals surface area contributed by atoms with Crippen molar-refractivity contribution in [2.75, 3.05) is 6.54 Å². The van der Waals surface area contributed by atoms with E-state index in [1.807, 2.05) is 18.2 Å². The first kappa shape index (κ1) is 15.3. The number of hydrogen-bond acceptors (Lipinski definition) is 2. The van der Waals surface area contributed by atoms with Gasteiger partial charge in [0.2, 0.25) is 0 Å². The number of carbonyl (C=O) groups excluding carboxylic acids is 1. The van der Waals surface area contributed by atoms with E-state index in [-0.39, 0.29) is 12.5 Å². The van der Waals surface area contributed by atoms with E-state index < -0.39 is 11.9 Å². The van der Waals surface area contributed by atoms with Crippen molar-refractivity contribution in [1.82, 2.24) is 5.32 Å². The first-order valence-electron chi connectivity index (χ1n) is 7.83. The average molecular weight is 309 g/mol. The standard InChI is InChI=1S/C19H19NO3/c21-18(16-11-5-9-13-8-4-10-15(13)16)20-12-17(19(22)23)14-6-2-1-3-7-14/h1-3,5-7,9,11,17H,4,8,10,12H2,(H,20,21)(H,22,23). The lowest BCUT2D eigenvalue weighted by molar-refractivity contribution is -0.138. The van der Waals surface area contributed by atoms with Gasteiger partial charge in [-0.2, -0.15) is 0 Å². The van der Waals surface area contributed by atoms with Crippen LogP contribution >= 0.6 is 0 Å². The fourth-order valence-electron chi connectivity index (χ4n) is 3.16. The molecule has 4 nitrogen and oxygen atoms in total. The lowest BCUT2D eigenvalue weighted by Gasteiger charge is -2.15. The third-order valence-corrected chi connectivity index (χ3v) is 4.36. The SMILES string of the molecule is O=C(NCC(C(=O)O)c1ccccc1)c1cccc2c1CCC2. The van der Waals surface area contributed by atoms with Gasteiger partial charge in [-0.25, -0.2) is 0 Å². The Hall–Kier alpha value is -2.62. The molecule has 2 aromatic rings. The van der Waals surface area contributed by atoms with Gasteiger partial charge < -0.3 is 10.4 Å². The van der Waals surface area contributed by atoms with Crippen LogP contribution in [0.15, 0.2) is 48.5 Å². The number of rotatable bonds is 5. The van der Waals surface area contributed by atoms with Crippen LogP contribution in [-0.2, 0) is 17.6 Å². The van der Waals surface area contributed by atoms with Crippen LogP contribution in [0, 0.1) is 0 Å². The fourth-order valence-corrected chi connectivity index (χ4v) is 3.16. The quantitative estimate of drug-likeness (QED) is 0.892. The van der Waals surface area contributed by atoms with Gasteiger partial charge in [-0.1, -0.05) is 42.5 Å². The van der Waals surface area contributed by atoms with Crippen LogP contribution in [0.1, 0.15) is 39.4 Å². The number of nitrogens with one attached hydrogen (secondary N) is 1. The summed E-state index contributed by atoms with van der Waals surface area (Å²) in [4.78, 5) is 23.9. The molecule has 4 heteroatoms. The topological polar surface area (TPSA) is 66.4 Å². The molecule has 0 saturated carbocycles. The van der Waals surface area contributed by atoms with E-state index in [4.69, 9.17) is 0 Å². The van der Waals surface area contributed by atoms with Gasteiger partial charge >= 0.3 is 5.97 Å². The molecule has 0 heterocycles. The highest BCUT2D eigenvalue weighted by Crippen LogP contribution is 2.25. The number of fused-ring (bicyclic) bond motifs is 1. The summed E-state index contributed by atoms with van der Waals surface area (Å²) in [7, 11) is 0. The van der Waals surface area contributed by atoms with Crippen molar-refractivity contribution in [3.05, 3.63) is 70.8 Å². The van der Waals surface area contributed by atoms with Crippen LogP contribution in [0.2, 0.25) is 0 Å². The van der Waals surface area contributed by atoms with E-state index in [1.54, 1.807) is 24.3 Å². The van der Waals surface area contributed by atoms with Gasteiger partial charge in [0.25, 0.3) is 5.91 Å². The Bertz CT molecular complexity index is 725. The predicted octanol–water partition coefficient (Wildman–Crippen LogP) is 2.77. The van der Waals surface area contributed by atoms with Gasteiger partial charge in [0.05, 0.1) is 5.92 Å². The molecular formula is C19H19NO3. The minimum atomic E-state index is -0.935. The summed E-state index contributed by atoms with van der Waals surface area (Å²) in [5.41, 5.74) is 3.71. The zero-order valence-corrected chi connectivity index (χ0v) is 12.8. The van der Waals surface area contributed by atoms with Gasteiger partial charge in [-0.05, 0) is 42.0 Å². The van der Waals surface area contributed by atoms with Crippen molar-refractivity contribution in [3.8, 4) is 0 Å². The summed E-state index contributed by atoms with van der Waals surface area (Å²) >= 11 is 0. The normalized spacial score (nSPS) is 14.1. The number of carboxylic acid groups (broad SMARTS) is 1. The van der Waals surface area contributed by atoms with Crippen LogP contribution < -0.4 is 5.32 Å². The molecule has 2 N–H and O–H groups in total. The molecule has 23 heavy (non-hydrogen) atoms. The van der Waals surface area contributed by atoms with E-state index in [9.17, 15) is 14.7 Å². The molecule has 0 fully saturated rings. The zero-order valence-electron chi connectivity index (χ0n) is 12.8. The van der Waals surface area contributed by atoms with Crippen molar-refractivity contribution in [3.63, 3.8) is 0 Å². The van der Waals surface area contributed by atoms with Crippen molar-refractivity contribution < 1.29 is 14.7 Å². The first-order valence-corrected chi connectivity index (χ1v) is 7.83. The Morgan fingerprint density at radius 2 is 1.83 bits per heavy atom. The molecule has 1 aliphatic rings. The van der Waals surface area contributed by atoms with E-state index in [0.29, 0.717) is 11.1 Å². The molecule has 0 spiro atoms. The number of hydrogen-bond donors (Lipinski definition) is 2. The van der Waals surface area contributed by atoms with Crippen LogP contribution in [0.4, 0.5) is 0 Å². The minimum Gasteiger partial charge on any atom is -0.481 e. The lowest BCUT2D eigenvalue weighted by Crippen LogP contribution is -2.32. The number of carbonyl (C=O) groups is 2. The Labute approximate surface area is 135 Å². The van der Waals surface area contributed by atoms with Crippen molar-refractivity contribution in [1.29, 1.82) is 0 Å². The molecule has 1 aliphatic carbocycles. The van der Waals surface area contributed by atoms with Crippen molar-refractivity contribution >= 4 is 11.9 Å². The number of carboxylic acids is 1. The Kier molecular flexibility index (Phi) is 4.42. The molecule has 2 aromatic carbocycles. The average Bonchev–Trinajstić information content (AvgIpc) is 3.04. The molecule has 0 saturated heterocycles. The van der Waals surface area contributed by atoms with E-state index >= 15 is 0 Å². The molecule has 1 amide bonds. The summed E-state index contributed by atoms with van der Waals surface area (Å²) < 4.78 is 0. The number of amides is 1. The Morgan fingerprint density at radius 1 is 1.04 bits per heavy atom. The first-order chi connectivity index (χ1) is 11.2. The van der Waals surface area contributed by atoms with Gasteiger partial charge in [-0.3, -0.25) is 9.59 Å². The summed E-state index contributed by atoms with van der Waals surface area (Å²) in [5.74, 6) is -1.86. The highest BCUT2D eigenvalue weighted by molar-refractivity contribution is 5.96. The summed E-state index contributed by atoms with van der Waals surface area (Å²) in [6.45, 7) is 0.0852. The maximum Gasteiger partial charge on any atom is 0.312 e. The summed E-state index contributed by atoms with van der Waals surface area (Å²) in [6, 6.07) is 14.8. The lowest BCUT2D eigenvalue weighted by atomic mass is 9.98. The number of aryl methyl sites for hydroxylation is 1. The number of aliphatic carboxylic acids is 1. The third kappa shape index (κ3) is 3.26. The molecule has 0 aromatic heterocycles. The highest BCUT2D eigenvalue weighted by atomic mass is 16.4. The monoisotopic (exact) mass is 309 g/mol. The van der Waals surface area contributed by atoms with Gasteiger partial charge in [0.1, 0.15) is 0 Å². The van der Waals surface area contributed by atoms with E-state index in [2.05, 4.69) is 11.4 Å². The smallest absolute Gasteiger partial charge is 0.312 e. The Balaban J connectivity index is 1.73. The molecule has 0 bridgehead atoms. The zero-order chi connectivity index (χ0) is 16.2. The maximum atomic E-state index is 12.5. The molecular weight excluding hydrogens is 290 g/mol. The third-order valence-electron chi connectivity index (χ3n) is 4.36. The van der Waals surface area contributed by atoms with Crippen LogP contribution in [0.25, 0.3) is 0 Å². The maximum absolute atomic E-state index is 12.5. The molecule has 0 radical (unpaired) electrons. The Morgan fingerprint density at radius 3 is 2.57 bits per heavy atom. The number of benzene rings is 2. The molecule has 1 unspecified atom stereocenters. The summed E-state index contributed by atoms with van der Waals surface area (Å²) in [5, 5.41) is 12.2. The van der Waals surface area contributed by atoms with Crippen LogP contribution in [0.3, 0.4) is 0 Å². The molecule has 0 aliphatic heterocycles. The van der Waals surface area contributed by atoms with Crippen LogP contribution in [-0.4, -0.2) is 23.5 Å². The van der Waals surface area contributed by atoms with Gasteiger partial charge in [0.15, 0.2) is 0 Å². The molecule has 1 atom stereocenters. The van der Waals surface area contributed by atoms with E-state index in [1.165, 1.54) is 5.56 Å². The fraction of sp³-hybridized carbons (Fsp3) is 0.263. The largest absolute Gasteiger partial charge is 0.481 e. The second-order valence-corrected chi connectivity index (χ2v) is 5.81. The molecule has 118 valence electrons.